The van der Waals surface area contributed by atoms with Crippen molar-refractivity contribution >= 4 is 23.8 Å². The zero-order chi connectivity index (χ0) is 14.7. The molecular weight excluding hydrogens is 270 g/mol. The van der Waals surface area contributed by atoms with Crippen molar-refractivity contribution in [2.45, 2.75) is 38.0 Å². The summed E-state index contributed by atoms with van der Waals surface area (Å²) in [4.78, 5) is 23.6. The number of hydrogen-bond acceptors (Lipinski definition) is 6. The van der Waals surface area contributed by atoms with E-state index < -0.39 is 29.3 Å². The summed E-state index contributed by atoms with van der Waals surface area (Å²) in [6.07, 6.45) is -0.656. The Balaban J connectivity index is 2.76. The number of carbonyl (C=O) groups is 2. The zero-order valence-electron chi connectivity index (χ0n) is 11.9. The van der Waals surface area contributed by atoms with Crippen molar-refractivity contribution in [2.24, 2.45) is 0 Å². The van der Waals surface area contributed by atoms with Gasteiger partial charge in [0.15, 0.2) is 6.04 Å². The zero-order valence-corrected chi connectivity index (χ0v) is 12.8. The van der Waals surface area contributed by atoms with E-state index in [9.17, 15) is 9.59 Å². The smallest absolute Gasteiger partial charge is 0.408 e. The molecule has 1 amide bonds. The fourth-order valence-corrected chi connectivity index (χ4v) is 2.83. The number of methoxy groups -OCH3 is 2. The Kier molecular flexibility index (Phi) is 5.09. The van der Waals surface area contributed by atoms with Crippen LogP contribution in [0.3, 0.4) is 0 Å². The summed E-state index contributed by atoms with van der Waals surface area (Å²) < 4.78 is 15.3. The predicted molar refractivity (Wildman–Crippen MR) is 72.2 cm³/mol. The highest BCUT2D eigenvalue weighted by atomic mass is 32.2. The number of nitrogens with one attached hydrogen (secondary N) is 1. The quantitative estimate of drug-likeness (QED) is 0.784. The van der Waals surface area contributed by atoms with Crippen LogP contribution < -0.4 is 5.32 Å². The standard InChI is InChI=1S/C12H21NO5S/c1-11(2,3)18-10(15)13-8(9(14)16-4)12(17-5)6-19-7-12/h8H,6-7H2,1-5H3,(H,13,15). The molecule has 0 aliphatic carbocycles. The first-order chi connectivity index (χ1) is 8.74. The highest BCUT2D eigenvalue weighted by Crippen LogP contribution is 2.36. The molecule has 1 aliphatic heterocycles. The summed E-state index contributed by atoms with van der Waals surface area (Å²) in [5.41, 5.74) is -1.34. The summed E-state index contributed by atoms with van der Waals surface area (Å²) in [6.45, 7) is 5.26. The van der Waals surface area contributed by atoms with Crippen molar-refractivity contribution in [2.75, 3.05) is 25.7 Å². The minimum Gasteiger partial charge on any atom is -0.467 e. The molecule has 0 radical (unpaired) electrons. The Morgan fingerprint density at radius 2 is 1.84 bits per heavy atom. The molecule has 1 N–H and O–H groups in total. The number of carbonyl (C=O) groups excluding carboxylic acids is 2. The topological polar surface area (TPSA) is 73.9 Å². The fourth-order valence-electron chi connectivity index (χ4n) is 1.65. The molecule has 0 saturated carbocycles. The van der Waals surface area contributed by atoms with Crippen LogP contribution in [-0.4, -0.2) is 55.0 Å². The summed E-state index contributed by atoms with van der Waals surface area (Å²) in [5.74, 6) is 0.714. The number of hydrogen-bond donors (Lipinski definition) is 1. The van der Waals surface area contributed by atoms with E-state index in [-0.39, 0.29) is 0 Å². The van der Waals surface area contributed by atoms with Gasteiger partial charge in [0.25, 0.3) is 0 Å². The second-order valence-electron chi connectivity index (χ2n) is 5.36. The van der Waals surface area contributed by atoms with Gasteiger partial charge in [0, 0.05) is 18.6 Å². The molecule has 1 saturated heterocycles. The lowest BCUT2D eigenvalue weighted by atomic mass is 9.97. The van der Waals surface area contributed by atoms with Gasteiger partial charge in [-0.15, -0.1) is 0 Å². The van der Waals surface area contributed by atoms with E-state index in [2.05, 4.69) is 5.32 Å². The lowest BCUT2D eigenvalue weighted by Crippen LogP contribution is -2.65. The Morgan fingerprint density at radius 3 is 2.16 bits per heavy atom. The van der Waals surface area contributed by atoms with Crippen molar-refractivity contribution in [1.82, 2.24) is 5.32 Å². The molecule has 0 aromatic heterocycles. The SMILES string of the molecule is COC(=O)C(NC(=O)OC(C)(C)C)C1(OC)CSC1. The van der Waals surface area contributed by atoms with Crippen molar-refractivity contribution in [3.05, 3.63) is 0 Å². The molecule has 1 unspecified atom stereocenters. The Morgan fingerprint density at radius 1 is 1.26 bits per heavy atom. The van der Waals surface area contributed by atoms with Gasteiger partial charge < -0.3 is 19.5 Å². The minimum absolute atomic E-state index is 0.534. The van der Waals surface area contributed by atoms with Gasteiger partial charge in [-0.2, -0.15) is 11.8 Å². The molecule has 1 heterocycles. The molecule has 0 bridgehead atoms. The van der Waals surface area contributed by atoms with Crippen molar-refractivity contribution in [3.63, 3.8) is 0 Å². The number of thioether (sulfide) groups is 1. The summed E-state index contributed by atoms with van der Waals surface area (Å²) in [5, 5.41) is 2.54. The van der Waals surface area contributed by atoms with Crippen molar-refractivity contribution in [1.29, 1.82) is 0 Å². The van der Waals surface area contributed by atoms with Crippen LogP contribution in [0.4, 0.5) is 4.79 Å². The van der Waals surface area contributed by atoms with Crippen molar-refractivity contribution < 1.29 is 23.8 Å². The third kappa shape index (κ3) is 4.01. The molecule has 1 fully saturated rings. The van der Waals surface area contributed by atoms with Gasteiger partial charge in [-0.3, -0.25) is 0 Å². The molecule has 0 spiro atoms. The molecule has 19 heavy (non-hydrogen) atoms. The lowest BCUT2D eigenvalue weighted by molar-refractivity contribution is -0.151. The monoisotopic (exact) mass is 291 g/mol. The molecule has 0 aromatic rings. The van der Waals surface area contributed by atoms with E-state index in [0.717, 1.165) is 0 Å². The lowest BCUT2D eigenvalue weighted by Gasteiger charge is -2.44. The van der Waals surface area contributed by atoms with Crippen LogP contribution in [0.2, 0.25) is 0 Å². The fraction of sp³-hybridized carbons (Fsp3) is 0.833. The van der Waals surface area contributed by atoms with Crippen LogP contribution in [0.15, 0.2) is 0 Å². The van der Waals surface area contributed by atoms with E-state index in [4.69, 9.17) is 14.2 Å². The maximum atomic E-state index is 11.8. The number of alkyl carbamates (subject to hydrolysis) is 1. The van der Waals surface area contributed by atoms with E-state index >= 15 is 0 Å². The summed E-state index contributed by atoms with van der Waals surface area (Å²) in [7, 11) is 2.80. The van der Waals surface area contributed by atoms with Crippen molar-refractivity contribution in [3.8, 4) is 0 Å². The Hall–Kier alpha value is -0.950. The van der Waals surface area contributed by atoms with Gasteiger partial charge >= 0.3 is 12.1 Å². The first kappa shape index (κ1) is 16.1. The first-order valence-corrected chi connectivity index (χ1v) is 7.10. The van der Waals surface area contributed by atoms with E-state index in [0.29, 0.717) is 11.5 Å². The predicted octanol–water partition coefficient (Wildman–Crippen LogP) is 1.18. The minimum atomic E-state index is -0.862. The highest BCUT2D eigenvalue weighted by Gasteiger charge is 2.50. The Labute approximate surface area is 117 Å². The third-order valence-electron chi connectivity index (χ3n) is 2.72. The van der Waals surface area contributed by atoms with Gasteiger partial charge in [-0.05, 0) is 20.8 Å². The van der Waals surface area contributed by atoms with E-state index in [1.165, 1.54) is 14.2 Å². The van der Waals surface area contributed by atoms with Gasteiger partial charge in [0.2, 0.25) is 0 Å². The molecular formula is C12H21NO5S. The second-order valence-corrected chi connectivity index (χ2v) is 6.35. The first-order valence-electron chi connectivity index (χ1n) is 5.94. The molecule has 7 heteroatoms. The van der Waals surface area contributed by atoms with Crippen LogP contribution in [0, 0.1) is 0 Å². The van der Waals surface area contributed by atoms with E-state index in [1.807, 2.05) is 0 Å². The normalized spacial score (nSPS) is 19.0. The molecule has 110 valence electrons. The number of esters is 1. The number of rotatable bonds is 4. The van der Waals surface area contributed by atoms with Gasteiger partial charge in [-0.1, -0.05) is 0 Å². The average Bonchev–Trinajstić information content (AvgIpc) is 2.23. The van der Waals surface area contributed by atoms with Crippen LogP contribution >= 0.6 is 11.8 Å². The van der Waals surface area contributed by atoms with E-state index in [1.54, 1.807) is 32.5 Å². The second kappa shape index (κ2) is 6.00. The summed E-state index contributed by atoms with van der Waals surface area (Å²) in [6, 6.07) is -0.862. The van der Waals surface area contributed by atoms with Crippen LogP contribution in [0.5, 0.6) is 0 Å². The van der Waals surface area contributed by atoms with Crippen LogP contribution in [0.1, 0.15) is 20.8 Å². The number of ether oxygens (including phenoxy) is 3. The van der Waals surface area contributed by atoms with Gasteiger partial charge in [-0.25, -0.2) is 9.59 Å². The highest BCUT2D eigenvalue weighted by molar-refractivity contribution is 8.00. The largest absolute Gasteiger partial charge is 0.467 e. The molecule has 1 rings (SSSR count). The van der Waals surface area contributed by atoms with Crippen LogP contribution in [-0.2, 0) is 19.0 Å². The molecule has 1 atom stereocenters. The maximum Gasteiger partial charge on any atom is 0.408 e. The third-order valence-corrected chi connectivity index (χ3v) is 4.11. The molecule has 1 aliphatic rings. The molecule has 6 nitrogen and oxygen atoms in total. The average molecular weight is 291 g/mol. The summed E-state index contributed by atoms with van der Waals surface area (Å²) >= 11 is 1.64. The Bertz CT molecular complexity index is 343. The maximum absolute atomic E-state index is 11.8. The van der Waals surface area contributed by atoms with Gasteiger partial charge in [0.1, 0.15) is 11.2 Å². The van der Waals surface area contributed by atoms with Gasteiger partial charge in [0.05, 0.1) is 7.11 Å². The number of amides is 1. The molecule has 0 aromatic carbocycles. The van der Waals surface area contributed by atoms with Crippen LogP contribution in [0.25, 0.3) is 0 Å².